The minimum atomic E-state index is -0.738. The lowest BCUT2D eigenvalue weighted by atomic mass is 9.99. The van der Waals surface area contributed by atoms with E-state index in [1.807, 2.05) is 34.2 Å². The summed E-state index contributed by atoms with van der Waals surface area (Å²) in [7, 11) is 2.21. The highest BCUT2D eigenvalue weighted by Crippen LogP contribution is 2.32. The maximum Gasteiger partial charge on any atom is 0.322 e. The number of aryl methyl sites for hydroxylation is 1. The number of carbonyl (C=O) groups excluding carboxylic acids is 3. The first-order valence-corrected chi connectivity index (χ1v) is 18.8. The smallest absolute Gasteiger partial charge is 0.322 e. The van der Waals surface area contributed by atoms with Crippen LogP contribution in [-0.4, -0.2) is 138 Å². The number of thiophene rings is 1. The van der Waals surface area contributed by atoms with E-state index in [0.717, 1.165) is 55.8 Å². The van der Waals surface area contributed by atoms with Gasteiger partial charge in [-0.2, -0.15) is 0 Å². The van der Waals surface area contributed by atoms with Crippen molar-refractivity contribution in [2.75, 3.05) is 77.0 Å². The molecule has 1 aromatic heterocycles. The second-order valence-corrected chi connectivity index (χ2v) is 15.1. The summed E-state index contributed by atoms with van der Waals surface area (Å²) in [6.45, 7) is 8.69. The van der Waals surface area contributed by atoms with Crippen molar-refractivity contribution in [1.82, 2.24) is 34.9 Å². The molecule has 3 atom stereocenters. The van der Waals surface area contributed by atoms with Crippen molar-refractivity contribution in [3.8, 4) is 0 Å². The Morgan fingerprint density at radius 1 is 1.02 bits per heavy atom. The molecule has 6 heterocycles. The average Bonchev–Trinajstić information content (AvgIpc) is 3.79. The lowest BCUT2D eigenvalue weighted by Crippen LogP contribution is -2.61. The zero-order valence-corrected chi connectivity index (χ0v) is 29.6. The Labute approximate surface area is 292 Å². The molecule has 5 aliphatic rings. The topological polar surface area (TPSA) is 121 Å². The molecule has 2 unspecified atom stereocenters. The van der Waals surface area contributed by atoms with Crippen molar-refractivity contribution in [2.45, 2.75) is 69.6 Å². The van der Waals surface area contributed by atoms with Crippen molar-refractivity contribution in [2.24, 2.45) is 0 Å². The van der Waals surface area contributed by atoms with Crippen LogP contribution >= 0.6 is 22.9 Å². The Bertz CT molecular complexity index is 1520. The summed E-state index contributed by atoms with van der Waals surface area (Å²) in [4.78, 5) is 49.0. The quantitative estimate of drug-likeness (QED) is 0.381. The number of likely N-dealkylation sites (N-methyl/N-ethyl adjacent to an activating group) is 1. The third-order valence-electron chi connectivity index (χ3n) is 11.2. The molecule has 2 bridgehead atoms. The molecule has 5 amide bonds. The van der Waals surface area contributed by atoms with Crippen LogP contribution < -0.4 is 16.4 Å². The highest BCUT2D eigenvalue weighted by molar-refractivity contribution is 7.08. The van der Waals surface area contributed by atoms with E-state index in [9.17, 15) is 14.4 Å². The van der Waals surface area contributed by atoms with Gasteiger partial charge in [0.15, 0.2) is 0 Å². The van der Waals surface area contributed by atoms with E-state index in [2.05, 4.69) is 38.0 Å². The number of hydrogen-bond donors (Lipinski definition) is 3. The van der Waals surface area contributed by atoms with E-state index < -0.39 is 6.04 Å². The lowest BCUT2D eigenvalue weighted by Gasteiger charge is -2.44. The van der Waals surface area contributed by atoms with Gasteiger partial charge in [-0.1, -0.05) is 24.6 Å². The molecule has 0 aliphatic carbocycles. The fourth-order valence-corrected chi connectivity index (χ4v) is 9.38. The first-order chi connectivity index (χ1) is 23.2. The van der Waals surface area contributed by atoms with E-state index in [1.54, 1.807) is 16.2 Å². The van der Waals surface area contributed by atoms with Gasteiger partial charge in [0.1, 0.15) is 6.04 Å². The van der Waals surface area contributed by atoms with Gasteiger partial charge < -0.3 is 36.0 Å². The number of amides is 5. The van der Waals surface area contributed by atoms with Crippen LogP contribution in [0.4, 0.5) is 21.0 Å². The summed E-state index contributed by atoms with van der Waals surface area (Å²) < 4.78 is 0. The number of rotatable bonds is 7. The number of piperazine rings is 2. The first kappa shape index (κ1) is 33.4. The molecule has 0 saturated carbocycles. The van der Waals surface area contributed by atoms with Gasteiger partial charge in [0, 0.05) is 88.8 Å². The molecule has 260 valence electrons. The Kier molecular flexibility index (Phi) is 9.76. The third kappa shape index (κ3) is 6.72. The van der Waals surface area contributed by atoms with Crippen LogP contribution in [0.2, 0.25) is 5.02 Å². The number of piperidine rings is 1. The van der Waals surface area contributed by atoms with E-state index in [0.29, 0.717) is 74.8 Å². The maximum absolute atomic E-state index is 14.2. The molecular weight excluding hydrogens is 650 g/mol. The van der Waals surface area contributed by atoms with E-state index in [-0.39, 0.29) is 24.0 Å². The van der Waals surface area contributed by atoms with Gasteiger partial charge >= 0.3 is 12.1 Å². The number of carbonyl (C=O) groups is 3. The number of hydrazine groups is 1. The van der Waals surface area contributed by atoms with Crippen LogP contribution in [-0.2, 0) is 24.1 Å². The minimum absolute atomic E-state index is 0.0612. The minimum Gasteiger partial charge on any atom is -0.397 e. The molecule has 4 fully saturated rings. The Morgan fingerprint density at radius 2 is 1.79 bits per heavy atom. The van der Waals surface area contributed by atoms with Gasteiger partial charge in [-0.25, -0.2) is 19.6 Å². The second kappa shape index (κ2) is 14.0. The summed E-state index contributed by atoms with van der Waals surface area (Å²) in [5, 5.41) is 15.7. The third-order valence-corrected chi connectivity index (χ3v) is 12.3. The van der Waals surface area contributed by atoms with Gasteiger partial charge in [-0.05, 0) is 67.3 Å². The monoisotopic (exact) mass is 697 g/mol. The molecule has 7 rings (SSSR count). The number of nitrogen functional groups attached to an aromatic ring is 1. The van der Waals surface area contributed by atoms with E-state index >= 15 is 0 Å². The standard InChI is InChI=1S/C34H48ClN9O3S/c1-3-23-14-22(15-28(35)31(23)36)16-29(32(45)40-10-12-42(13-11-40)44-19-26-17-27(44)18-39(26)2)37-33(46)41-7-5-25(6-8-41)43-9-4-24-20-48-21-30(24)38-34(43)47/h14-15,20-21,25-27,29H,3-13,16-19,36H2,1-2H3,(H,37,46)(H,38,47)/t26?,27?,29-/m1/s1. The molecule has 0 spiro atoms. The van der Waals surface area contributed by atoms with Crippen LogP contribution in [0.1, 0.15) is 42.9 Å². The molecule has 48 heavy (non-hydrogen) atoms. The van der Waals surface area contributed by atoms with Gasteiger partial charge in [0.05, 0.1) is 16.4 Å². The molecule has 0 radical (unpaired) electrons. The van der Waals surface area contributed by atoms with Crippen molar-refractivity contribution < 1.29 is 14.4 Å². The maximum atomic E-state index is 14.2. The first-order valence-electron chi connectivity index (χ1n) is 17.4. The summed E-state index contributed by atoms with van der Waals surface area (Å²) in [5.41, 5.74) is 10.7. The summed E-state index contributed by atoms with van der Waals surface area (Å²) in [5.74, 6) is -0.0693. The number of likely N-dealkylation sites (tertiary alicyclic amines) is 2. The molecule has 5 aliphatic heterocycles. The fraction of sp³-hybridized carbons (Fsp3) is 0.618. The number of urea groups is 2. The van der Waals surface area contributed by atoms with E-state index in [4.69, 9.17) is 17.3 Å². The fourth-order valence-electron chi connectivity index (χ4n) is 8.29. The number of fused-ring (bicyclic) bond motifs is 3. The van der Waals surface area contributed by atoms with Gasteiger partial charge in [-0.15, -0.1) is 11.3 Å². The van der Waals surface area contributed by atoms with Crippen molar-refractivity contribution >= 4 is 52.3 Å². The average molecular weight is 698 g/mol. The highest BCUT2D eigenvalue weighted by atomic mass is 35.5. The van der Waals surface area contributed by atoms with Crippen molar-refractivity contribution in [1.29, 1.82) is 0 Å². The number of halogens is 1. The van der Waals surface area contributed by atoms with Gasteiger partial charge in [0.2, 0.25) is 5.91 Å². The number of hydrogen-bond acceptors (Lipinski definition) is 8. The predicted octanol–water partition coefficient (Wildman–Crippen LogP) is 3.17. The molecule has 4 N–H and O–H groups in total. The van der Waals surface area contributed by atoms with Crippen LogP contribution in [0.25, 0.3) is 0 Å². The summed E-state index contributed by atoms with van der Waals surface area (Å²) in [6.07, 6.45) is 4.46. The Hall–Kier alpha value is -3.10. The van der Waals surface area contributed by atoms with Gasteiger partial charge in [-0.3, -0.25) is 4.79 Å². The normalized spacial score (nSPS) is 24.8. The summed E-state index contributed by atoms with van der Waals surface area (Å²) >= 11 is 8.11. The van der Waals surface area contributed by atoms with Crippen LogP contribution in [0.3, 0.4) is 0 Å². The predicted molar refractivity (Wildman–Crippen MR) is 189 cm³/mol. The molecular formula is C34H48ClN9O3S. The Morgan fingerprint density at radius 3 is 2.48 bits per heavy atom. The van der Waals surface area contributed by atoms with E-state index in [1.165, 1.54) is 12.0 Å². The van der Waals surface area contributed by atoms with Crippen LogP contribution in [0.15, 0.2) is 22.9 Å². The molecule has 4 saturated heterocycles. The van der Waals surface area contributed by atoms with Crippen LogP contribution in [0, 0.1) is 0 Å². The molecule has 1 aromatic carbocycles. The molecule has 12 nitrogen and oxygen atoms in total. The lowest BCUT2D eigenvalue weighted by molar-refractivity contribution is -0.140. The Balaban J connectivity index is 0.993. The number of benzene rings is 1. The number of nitrogens with one attached hydrogen (secondary N) is 2. The second-order valence-electron chi connectivity index (χ2n) is 14.0. The van der Waals surface area contributed by atoms with Crippen LogP contribution in [0.5, 0.6) is 0 Å². The number of anilines is 2. The zero-order chi connectivity index (χ0) is 33.5. The van der Waals surface area contributed by atoms with Crippen molar-refractivity contribution in [3.05, 3.63) is 44.6 Å². The molecule has 2 aromatic rings. The van der Waals surface area contributed by atoms with Crippen molar-refractivity contribution in [3.63, 3.8) is 0 Å². The zero-order valence-electron chi connectivity index (χ0n) is 28.0. The molecule has 14 heteroatoms. The number of nitrogens with zero attached hydrogens (tertiary/aromatic N) is 6. The number of nitrogens with two attached hydrogens (primary N) is 1. The largest absolute Gasteiger partial charge is 0.397 e. The SMILES string of the molecule is CCc1cc(C[C@@H](NC(=O)N2CCC(N3CCc4cscc4NC3=O)CC2)C(=O)N2CCN(N3CC4CC3CN4C)CC2)cc(Cl)c1N. The summed E-state index contributed by atoms with van der Waals surface area (Å²) in [6, 6.07) is 4.00. The van der Waals surface area contributed by atoms with Gasteiger partial charge in [0.25, 0.3) is 0 Å². The highest BCUT2D eigenvalue weighted by Gasteiger charge is 2.44.